The molecule has 1 saturated heterocycles. The highest BCUT2D eigenvalue weighted by Crippen LogP contribution is 2.19. The van der Waals surface area contributed by atoms with E-state index in [0.29, 0.717) is 0 Å². The van der Waals surface area contributed by atoms with E-state index in [2.05, 4.69) is 35.9 Å². The summed E-state index contributed by atoms with van der Waals surface area (Å²) in [7, 11) is 0. The molecule has 2 rings (SSSR count). The zero-order valence-corrected chi connectivity index (χ0v) is 9.08. The second-order valence-electron chi connectivity index (χ2n) is 4.19. The van der Waals surface area contributed by atoms with Crippen LogP contribution >= 0.6 is 0 Å². The summed E-state index contributed by atoms with van der Waals surface area (Å²) in [6, 6.07) is 4.33. The summed E-state index contributed by atoms with van der Waals surface area (Å²) in [5, 5.41) is 0. The number of rotatable bonds is 1. The summed E-state index contributed by atoms with van der Waals surface area (Å²) in [6.07, 6.45) is 4.00. The molecule has 0 bridgehead atoms. The molecule has 1 aliphatic heterocycles. The number of nitrogens with zero attached hydrogens (tertiary/aromatic N) is 2. The molecular formula is C12H18N2. The van der Waals surface area contributed by atoms with Crippen molar-refractivity contribution in [2.75, 3.05) is 18.0 Å². The minimum atomic E-state index is 1.13. The van der Waals surface area contributed by atoms with Gasteiger partial charge in [0.1, 0.15) is 5.82 Å². The van der Waals surface area contributed by atoms with Crippen molar-refractivity contribution in [3.8, 4) is 0 Å². The summed E-state index contributed by atoms with van der Waals surface area (Å²) in [4.78, 5) is 6.99. The van der Waals surface area contributed by atoms with Crippen LogP contribution in [0, 0.1) is 13.8 Å². The van der Waals surface area contributed by atoms with Crippen LogP contribution in [0.5, 0.6) is 0 Å². The number of pyridine rings is 1. The fourth-order valence-corrected chi connectivity index (χ4v) is 2.11. The molecule has 0 radical (unpaired) electrons. The number of aromatic nitrogens is 1. The van der Waals surface area contributed by atoms with Crippen LogP contribution in [0.1, 0.15) is 30.5 Å². The standard InChI is InChI=1S/C12H18N2/c1-10-8-11(2)13-12(9-10)14-6-4-3-5-7-14/h8-9H,3-7H2,1-2H3. The third kappa shape index (κ3) is 2.06. The molecule has 0 saturated carbocycles. The van der Waals surface area contributed by atoms with Crippen LogP contribution in [-0.4, -0.2) is 18.1 Å². The van der Waals surface area contributed by atoms with Gasteiger partial charge in [-0.1, -0.05) is 0 Å². The van der Waals surface area contributed by atoms with Gasteiger partial charge in [-0.3, -0.25) is 0 Å². The van der Waals surface area contributed by atoms with E-state index in [1.807, 2.05) is 0 Å². The minimum Gasteiger partial charge on any atom is -0.357 e. The van der Waals surface area contributed by atoms with E-state index < -0.39 is 0 Å². The molecule has 0 atom stereocenters. The highest BCUT2D eigenvalue weighted by molar-refractivity contribution is 5.42. The average molecular weight is 190 g/mol. The van der Waals surface area contributed by atoms with E-state index in [0.717, 1.165) is 5.69 Å². The molecule has 1 aliphatic rings. The second kappa shape index (κ2) is 3.99. The maximum atomic E-state index is 4.58. The van der Waals surface area contributed by atoms with Gasteiger partial charge in [-0.2, -0.15) is 0 Å². The predicted molar refractivity (Wildman–Crippen MR) is 59.8 cm³/mol. The molecule has 0 N–H and O–H groups in total. The lowest BCUT2D eigenvalue weighted by molar-refractivity contribution is 0.573. The zero-order valence-electron chi connectivity index (χ0n) is 9.08. The second-order valence-corrected chi connectivity index (χ2v) is 4.19. The number of hydrogen-bond acceptors (Lipinski definition) is 2. The van der Waals surface area contributed by atoms with Crippen molar-refractivity contribution in [3.63, 3.8) is 0 Å². The van der Waals surface area contributed by atoms with Crippen molar-refractivity contribution in [3.05, 3.63) is 23.4 Å². The van der Waals surface area contributed by atoms with Gasteiger partial charge in [-0.25, -0.2) is 4.98 Å². The summed E-state index contributed by atoms with van der Waals surface area (Å²) in [5.41, 5.74) is 2.45. The Morgan fingerprint density at radius 3 is 2.43 bits per heavy atom. The largest absolute Gasteiger partial charge is 0.357 e. The molecule has 0 amide bonds. The van der Waals surface area contributed by atoms with Crippen LogP contribution in [-0.2, 0) is 0 Å². The SMILES string of the molecule is Cc1cc(C)nc(N2CCCCC2)c1. The first-order chi connectivity index (χ1) is 6.75. The number of aryl methyl sites for hydroxylation is 2. The van der Waals surface area contributed by atoms with Gasteiger partial charge in [-0.15, -0.1) is 0 Å². The highest BCUT2D eigenvalue weighted by Gasteiger charge is 2.12. The molecule has 2 heteroatoms. The first kappa shape index (κ1) is 9.50. The Morgan fingerprint density at radius 2 is 1.79 bits per heavy atom. The summed E-state index contributed by atoms with van der Waals surface area (Å²) >= 11 is 0. The fraction of sp³-hybridized carbons (Fsp3) is 0.583. The summed E-state index contributed by atoms with van der Waals surface area (Å²) in [6.45, 7) is 6.56. The van der Waals surface area contributed by atoms with Gasteiger partial charge >= 0.3 is 0 Å². The molecule has 14 heavy (non-hydrogen) atoms. The normalized spacial score (nSPS) is 17.1. The van der Waals surface area contributed by atoms with E-state index in [1.54, 1.807) is 0 Å². The van der Waals surface area contributed by atoms with Crippen LogP contribution in [0.3, 0.4) is 0 Å². The summed E-state index contributed by atoms with van der Waals surface area (Å²) in [5.74, 6) is 1.17. The predicted octanol–water partition coefficient (Wildman–Crippen LogP) is 2.69. The molecule has 2 heterocycles. The third-order valence-corrected chi connectivity index (χ3v) is 2.76. The quantitative estimate of drug-likeness (QED) is 0.677. The van der Waals surface area contributed by atoms with Crippen LogP contribution in [0.25, 0.3) is 0 Å². The Hall–Kier alpha value is -1.05. The minimum absolute atomic E-state index is 1.13. The molecule has 1 aromatic heterocycles. The Bertz CT molecular complexity index is 294. The first-order valence-corrected chi connectivity index (χ1v) is 5.46. The van der Waals surface area contributed by atoms with Crippen LogP contribution in [0.4, 0.5) is 5.82 Å². The van der Waals surface area contributed by atoms with Gasteiger partial charge in [0.25, 0.3) is 0 Å². The lowest BCUT2D eigenvalue weighted by Gasteiger charge is -2.28. The van der Waals surface area contributed by atoms with E-state index in [1.165, 1.54) is 43.7 Å². The van der Waals surface area contributed by atoms with Gasteiger partial charge < -0.3 is 4.90 Å². The Kier molecular flexibility index (Phi) is 2.71. The monoisotopic (exact) mass is 190 g/mol. The molecule has 0 unspecified atom stereocenters. The van der Waals surface area contributed by atoms with Gasteiger partial charge in [0.05, 0.1) is 0 Å². The third-order valence-electron chi connectivity index (χ3n) is 2.76. The smallest absolute Gasteiger partial charge is 0.129 e. The van der Waals surface area contributed by atoms with Gasteiger partial charge in [-0.05, 0) is 50.8 Å². The van der Waals surface area contributed by atoms with Crippen LogP contribution in [0.2, 0.25) is 0 Å². The average Bonchev–Trinajstić information content (AvgIpc) is 2.18. The number of piperidine rings is 1. The molecular weight excluding hydrogens is 172 g/mol. The maximum Gasteiger partial charge on any atom is 0.129 e. The Labute approximate surface area is 86.0 Å². The van der Waals surface area contributed by atoms with Crippen LogP contribution in [0.15, 0.2) is 12.1 Å². The van der Waals surface area contributed by atoms with Crippen LogP contribution < -0.4 is 4.90 Å². The Morgan fingerprint density at radius 1 is 1.07 bits per heavy atom. The molecule has 1 aromatic rings. The van der Waals surface area contributed by atoms with Crippen molar-refractivity contribution in [2.24, 2.45) is 0 Å². The molecule has 1 fully saturated rings. The fourth-order valence-electron chi connectivity index (χ4n) is 2.11. The van der Waals surface area contributed by atoms with Crippen molar-refractivity contribution in [1.82, 2.24) is 4.98 Å². The topological polar surface area (TPSA) is 16.1 Å². The van der Waals surface area contributed by atoms with Crippen molar-refractivity contribution in [2.45, 2.75) is 33.1 Å². The lowest BCUT2D eigenvalue weighted by Crippen LogP contribution is -2.30. The lowest BCUT2D eigenvalue weighted by atomic mass is 10.1. The van der Waals surface area contributed by atoms with E-state index in [9.17, 15) is 0 Å². The van der Waals surface area contributed by atoms with Gasteiger partial charge in [0.2, 0.25) is 0 Å². The van der Waals surface area contributed by atoms with E-state index in [-0.39, 0.29) is 0 Å². The number of hydrogen-bond donors (Lipinski definition) is 0. The van der Waals surface area contributed by atoms with Crippen molar-refractivity contribution in [1.29, 1.82) is 0 Å². The molecule has 0 aromatic carbocycles. The Balaban J connectivity index is 2.21. The van der Waals surface area contributed by atoms with E-state index >= 15 is 0 Å². The van der Waals surface area contributed by atoms with Gasteiger partial charge in [0.15, 0.2) is 0 Å². The molecule has 2 nitrogen and oxygen atoms in total. The van der Waals surface area contributed by atoms with Gasteiger partial charge in [0, 0.05) is 18.8 Å². The maximum absolute atomic E-state index is 4.58. The summed E-state index contributed by atoms with van der Waals surface area (Å²) < 4.78 is 0. The first-order valence-electron chi connectivity index (χ1n) is 5.46. The van der Waals surface area contributed by atoms with E-state index in [4.69, 9.17) is 0 Å². The van der Waals surface area contributed by atoms with Crippen molar-refractivity contribution < 1.29 is 0 Å². The zero-order chi connectivity index (χ0) is 9.97. The number of anilines is 1. The molecule has 76 valence electrons. The molecule has 0 spiro atoms. The molecule has 0 aliphatic carbocycles. The van der Waals surface area contributed by atoms with Crippen molar-refractivity contribution >= 4 is 5.82 Å². The highest BCUT2D eigenvalue weighted by atomic mass is 15.2.